The van der Waals surface area contributed by atoms with Crippen LogP contribution >= 0.6 is 0 Å². The zero-order valence-electron chi connectivity index (χ0n) is 16.1. The predicted octanol–water partition coefficient (Wildman–Crippen LogP) is 3.72. The van der Waals surface area contributed by atoms with Crippen molar-refractivity contribution in [2.45, 2.75) is 90.8 Å². The Kier molecular flexibility index (Phi) is 5.50. The summed E-state index contributed by atoms with van der Waals surface area (Å²) in [6, 6.07) is -0.418. The van der Waals surface area contributed by atoms with Gasteiger partial charge in [-0.1, -0.05) is 19.3 Å². The second-order valence-electron chi connectivity index (χ2n) is 9.43. The van der Waals surface area contributed by atoms with Gasteiger partial charge >= 0.3 is 6.09 Å². The molecule has 24 heavy (non-hydrogen) atoms. The number of carbonyl (C=O) groups excluding carboxylic acids is 2. The van der Waals surface area contributed by atoms with Crippen LogP contribution in [0, 0.1) is 11.8 Å². The van der Waals surface area contributed by atoms with Gasteiger partial charge in [-0.25, -0.2) is 4.79 Å². The Morgan fingerprint density at radius 3 is 2.12 bits per heavy atom. The van der Waals surface area contributed by atoms with Crippen LogP contribution in [-0.2, 0) is 9.53 Å². The van der Waals surface area contributed by atoms with E-state index in [0.29, 0.717) is 18.4 Å². The smallest absolute Gasteiger partial charge is 0.410 e. The van der Waals surface area contributed by atoms with Crippen LogP contribution in [0.2, 0.25) is 0 Å². The van der Waals surface area contributed by atoms with Gasteiger partial charge in [-0.3, -0.25) is 9.69 Å². The first kappa shape index (κ1) is 19.1. The highest BCUT2D eigenvalue weighted by Gasteiger charge is 2.43. The van der Waals surface area contributed by atoms with Crippen molar-refractivity contribution in [1.29, 1.82) is 0 Å². The molecule has 0 bridgehead atoms. The Morgan fingerprint density at radius 2 is 1.58 bits per heavy atom. The first-order valence-electron chi connectivity index (χ1n) is 9.28. The van der Waals surface area contributed by atoms with Gasteiger partial charge in [0.2, 0.25) is 5.91 Å². The summed E-state index contributed by atoms with van der Waals surface area (Å²) in [5.41, 5.74) is -0.856. The number of rotatable bonds is 1. The van der Waals surface area contributed by atoms with E-state index < -0.39 is 11.6 Å². The summed E-state index contributed by atoms with van der Waals surface area (Å²) < 4.78 is 5.57. The third-order valence-corrected chi connectivity index (χ3v) is 4.83. The summed E-state index contributed by atoms with van der Waals surface area (Å²) in [6.07, 6.45) is 5.18. The maximum atomic E-state index is 12.8. The molecule has 0 spiro atoms. The Balaban J connectivity index is 2.17. The van der Waals surface area contributed by atoms with Crippen molar-refractivity contribution in [1.82, 2.24) is 10.2 Å². The fraction of sp³-hybridized carbons (Fsp3) is 0.895. The second kappa shape index (κ2) is 6.93. The van der Waals surface area contributed by atoms with Crippen LogP contribution < -0.4 is 5.32 Å². The molecule has 138 valence electrons. The summed E-state index contributed by atoms with van der Waals surface area (Å²) in [5, 5.41) is 3.04. The van der Waals surface area contributed by atoms with Crippen molar-refractivity contribution in [2.24, 2.45) is 11.8 Å². The second-order valence-corrected chi connectivity index (χ2v) is 9.43. The molecular weight excluding hydrogens is 304 g/mol. The van der Waals surface area contributed by atoms with Crippen molar-refractivity contribution in [3.05, 3.63) is 0 Å². The van der Waals surface area contributed by atoms with E-state index in [0.717, 1.165) is 12.8 Å². The normalized spacial score (nSPS) is 28.1. The summed E-state index contributed by atoms with van der Waals surface area (Å²) in [6.45, 7) is 12.1. The van der Waals surface area contributed by atoms with Crippen molar-refractivity contribution < 1.29 is 14.3 Å². The van der Waals surface area contributed by atoms with Gasteiger partial charge in [-0.05, 0) is 66.2 Å². The third-order valence-electron chi connectivity index (χ3n) is 4.83. The number of amides is 2. The number of ether oxygens (including phenoxy) is 1. The highest BCUT2D eigenvalue weighted by atomic mass is 16.6. The largest absolute Gasteiger partial charge is 0.444 e. The van der Waals surface area contributed by atoms with Crippen LogP contribution in [0.3, 0.4) is 0 Å². The molecule has 5 nitrogen and oxygen atoms in total. The van der Waals surface area contributed by atoms with Crippen LogP contribution in [0.1, 0.15) is 73.6 Å². The number of piperidine rings is 1. The quantitative estimate of drug-likeness (QED) is 0.793. The molecule has 0 aromatic heterocycles. The molecule has 2 aliphatic rings. The fourth-order valence-corrected chi connectivity index (χ4v) is 3.85. The average Bonchev–Trinajstić information content (AvgIpc) is 2.42. The SMILES string of the molecule is CC(C)(C)NC(=O)[C@@H]1C[C@@H]2CCCC[C@@H]2CN1C(=O)OC(C)(C)C. The fourth-order valence-electron chi connectivity index (χ4n) is 3.85. The first-order valence-corrected chi connectivity index (χ1v) is 9.28. The van der Waals surface area contributed by atoms with Gasteiger partial charge in [0, 0.05) is 12.1 Å². The molecule has 1 saturated carbocycles. The molecule has 1 heterocycles. The molecule has 2 fully saturated rings. The highest BCUT2D eigenvalue weighted by molar-refractivity contribution is 5.86. The molecule has 2 amide bonds. The van der Waals surface area contributed by atoms with Crippen LogP contribution in [0.4, 0.5) is 4.79 Å². The highest BCUT2D eigenvalue weighted by Crippen LogP contribution is 2.39. The lowest BCUT2D eigenvalue weighted by Gasteiger charge is -2.45. The molecule has 0 radical (unpaired) electrons. The first-order chi connectivity index (χ1) is 11.0. The minimum absolute atomic E-state index is 0.0580. The van der Waals surface area contributed by atoms with E-state index in [9.17, 15) is 9.59 Å². The minimum atomic E-state index is -0.550. The molecule has 0 aromatic carbocycles. The molecule has 0 unspecified atom stereocenters. The molecule has 3 atom stereocenters. The minimum Gasteiger partial charge on any atom is -0.444 e. The van der Waals surface area contributed by atoms with E-state index in [-0.39, 0.29) is 17.5 Å². The van der Waals surface area contributed by atoms with Crippen molar-refractivity contribution in [2.75, 3.05) is 6.54 Å². The third kappa shape index (κ3) is 5.12. The molecule has 1 aliphatic heterocycles. The van der Waals surface area contributed by atoms with Crippen molar-refractivity contribution >= 4 is 12.0 Å². The van der Waals surface area contributed by atoms with E-state index >= 15 is 0 Å². The lowest BCUT2D eigenvalue weighted by molar-refractivity contribution is -0.131. The van der Waals surface area contributed by atoms with Gasteiger partial charge < -0.3 is 10.1 Å². The number of nitrogens with one attached hydrogen (secondary N) is 1. The molecule has 5 heteroatoms. The van der Waals surface area contributed by atoms with E-state index in [1.54, 1.807) is 4.90 Å². The van der Waals surface area contributed by atoms with Gasteiger partial charge in [0.05, 0.1) is 0 Å². The summed E-state index contributed by atoms with van der Waals surface area (Å²) in [4.78, 5) is 27.2. The number of hydrogen-bond donors (Lipinski definition) is 1. The predicted molar refractivity (Wildman–Crippen MR) is 94.7 cm³/mol. The van der Waals surface area contributed by atoms with Crippen LogP contribution in [0.5, 0.6) is 0 Å². The van der Waals surface area contributed by atoms with Crippen molar-refractivity contribution in [3.63, 3.8) is 0 Å². The molecule has 2 rings (SSSR count). The molecule has 1 saturated heterocycles. The van der Waals surface area contributed by atoms with E-state index in [1.165, 1.54) is 19.3 Å². The summed E-state index contributed by atoms with van der Waals surface area (Å²) in [7, 11) is 0. The van der Waals surface area contributed by atoms with Gasteiger partial charge in [0.1, 0.15) is 11.6 Å². The Hall–Kier alpha value is -1.26. The van der Waals surface area contributed by atoms with Crippen LogP contribution in [-0.4, -0.2) is 40.6 Å². The Bertz CT molecular complexity index is 432. The molecule has 1 aliphatic carbocycles. The maximum Gasteiger partial charge on any atom is 0.410 e. The maximum absolute atomic E-state index is 12.8. The van der Waals surface area contributed by atoms with Gasteiger partial charge in [0.15, 0.2) is 0 Å². The monoisotopic (exact) mass is 338 g/mol. The van der Waals surface area contributed by atoms with E-state index in [1.807, 2.05) is 41.5 Å². The lowest BCUT2D eigenvalue weighted by Crippen LogP contribution is -2.59. The number of nitrogens with zero attached hydrogens (tertiary/aromatic N) is 1. The average molecular weight is 338 g/mol. The Morgan fingerprint density at radius 1 is 1.00 bits per heavy atom. The van der Waals surface area contributed by atoms with Crippen molar-refractivity contribution in [3.8, 4) is 0 Å². The van der Waals surface area contributed by atoms with Gasteiger partial charge in [-0.15, -0.1) is 0 Å². The number of likely N-dealkylation sites (tertiary alicyclic amines) is 1. The Labute approximate surface area is 146 Å². The summed E-state index contributed by atoms with van der Waals surface area (Å²) >= 11 is 0. The molecular formula is C19H34N2O3. The summed E-state index contributed by atoms with van der Waals surface area (Å²) in [5.74, 6) is 0.996. The molecule has 1 N–H and O–H groups in total. The van der Waals surface area contributed by atoms with Gasteiger partial charge in [0.25, 0.3) is 0 Å². The zero-order chi connectivity index (χ0) is 18.1. The number of hydrogen-bond acceptors (Lipinski definition) is 3. The van der Waals surface area contributed by atoms with E-state index in [4.69, 9.17) is 4.74 Å². The van der Waals surface area contributed by atoms with Crippen LogP contribution in [0.15, 0.2) is 0 Å². The lowest BCUT2D eigenvalue weighted by atomic mass is 9.73. The van der Waals surface area contributed by atoms with E-state index in [2.05, 4.69) is 5.32 Å². The molecule has 0 aromatic rings. The number of carbonyl (C=O) groups is 2. The topological polar surface area (TPSA) is 58.6 Å². The van der Waals surface area contributed by atoms with Gasteiger partial charge in [-0.2, -0.15) is 0 Å². The number of fused-ring (bicyclic) bond motifs is 1. The van der Waals surface area contributed by atoms with Crippen LogP contribution in [0.25, 0.3) is 0 Å². The standard InChI is InChI=1S/C19H34N2O3/c1-18(2,3)20-16(22)15-11-13-9-7-8-10-14(13)12-21(15)17(23)24-19(4,5)6/h13-15H,7-12H2,1-6H3,(H,20,22)/t13-,14+,15-/m0/s1. The zero-order valence-corrected chi connectivity index (χ0v) is 16.1.